The monoisotopic (exact) mass is 490 g/mol. The topological polar surface area (TPSA) is 171 Å². The smallest absolute Gasteiger partial charge is 0.309 e. The summed E-state index contributed by atoms with van der Waals surface area (Å²) in [5.74, 6) is -3.18. The molecule has 11 nitrogen and oxygen atoms in total. The van der Waals surface area contributed by atoms with Crippen molar-refractivity contribution in [3.8, 4) is 0 Å². The van der Waals surface area contributed by atoms with Gasteiger partial charge in [-0.15, -0.1) is 0 Å². The van der Waals surface area contributed by atoms with E-state index in [1.807, 2.05) is 4.72 Å². The second-order valence-electron chi connectivity index (χ2n) is 7.44. The molecule has 1 aromatic carbocycles. The van der Waals surface area contributed by atoms with Crippen LogP contribution >= 0.6 is 0 Å². The van der Waals surface area contributed by atoms with Gasteiger partial charge in [-0.05, 0) is 31.0 Å². The number of nitrogens with zero attached hydrogens (tertiary/aromatic N) is 1. The van der Waals surface area contributed by atoms with E-state index in [0.29, 0.717) is 6.07 Å². The maximum atomic E-state index is 13.6. The molecule has 14 heteroatoms. The van der Waals surface area contributed by atoms with Gasteiger partial charge in [0.15, 0.2) is 5.69 Å². The van der Waals surface area contributed by atoms with Crippen molar-refractivity contribution in [3.05, 3.63) is 47.4 Å². The molecular formula is C19H24F2N4O7S. The van der Waals surface area contributed by atoms with Gasteiger partial charge in [-0.1, -0.05) is 0 Å². The predicted octanol–water partition coefficient (Wildman–Crippen LogP) is -0.0882. The van der Waals surface area contributed by atoms with E-state index < -0.39 is 63.8 Å². The fourth-order valence-electron chi connectivity index (χ4n) is 3.01. The molecule has 2 amide bonds. The molecule has 2 rings (SSSR count). The zero-order chi connectivity index (χ0) is 24.9. The summed E-state index contributed by atoms with van der Waals surface area (Å²) in [4.78, 5) is 27.5. The Morgan fingerprint density at radius 1 is 1.12 bits per heavy atom. The van der Waals surface area contributed by atoms with Crippen molar-refractivity contribution < 1.29 is 41.4 Å². The van der Waals surface area contributed by atoms with E-state index in [0.717, 1.165) is 24.7 Å². The second-order valence-corrected chi connectivity index (χ2v) is 9.19. The Labute approximate surface area is 188 Å². The minimum Gasteiger partial charge on any atom is -0.431 e. The van der Waals surface area contributed by atoms with Gasteiger partial charge in [-0.2, -0.15) is 4.98 Å². The Kier molecular flexibility index (Phi) is 8.46. The van der Waals surface area contributed by atoms with E-state index in [-0.39, 0.29) is 17.7 Å². The minimum atomic E-state index is -3.72. The number of aliphatic hydroxyl groups excluding tert-OH is 2. The largest absolute Gasteiger partial charge is 0.431 e. The molecule has 0 aliphatic heterocycles. The van der Waals surface area contributed by atoms with Crippen molar-refractivity contribution in [2.75, 3.05) is 11.0 Å². The number of nitrogens with one attached hydrogen (secondary N) is 3. The van der Waals surface area contributed by atoms with Crippen LogP contribution < -0.4 is 15.4 Å². The number of hydrogen-bond acceptors (Lipinski definition) is 8. The molecule has 1 aromatic heterocycles. The maximum Gasteiger partial charge on any atom is 0.309 e. The number of anilines is 1. The lowest BCUT2D eigenvalue weighted by molar-refractivity contribution is -0.121. The number of rotatable bonds is 10. The Morgan fingerprint density at radius 2 is 1.73 bits per heavy atom. The van der Waals surface area contributed by atoms with Crippen LogP contribution in [-0.4, -0.2) is 66.0 Å². The van der Waals surface area contributed by atoms with E-state index in [1.165, 1.54) is 13.8 Å². The molecule has 0 saturated carbocycles. The summed E-state index contributed by atoms with van der Waals surface area (Å²) in [7, 11) is -3.72. The lowest BCUT2D eigenvalue weighted by atomic mass is 9.94. The lowest BCUT2D eigenvalue weighted by Crippen LogP contribution is -2.55. The molecule has 4 atom stereocenters. The number of carbonyl (C=O) groups excluding carboxylic acids is 2. The van der Waals surface area contributed by atoms with Crippen LogP contribution in [0.4, 0.5) is 14.8 Å². The van der Waals surface area contributed by atoms with Crippen LogP contribution in [0.15, 0.2) is 28.9 Å². The van der Waals surface area contributed by atoms with E-state index in [4.69, 9.17) is 4.42 Å². The number of amides is 2. The van der Waals surface area contributed by atoms with E-state index in [2.05, 4.69) is 15.6 Å². The van der Waals surface area contributed by atoms with Gasteiger partial charge in [0, 0.05) is 13.0 Å². The first kappa shape index (κ1) is 26.2. The average Bonchev–Trinajstić information content (AvgIpc) is 3.11. The van der Waals surface area contributed by atoms with Gasteiger partial charge in [0.05, 0.1) is 18.3 Å². The number of hydrogen-bond donors (Lipinski definition) is 5. The summed E-state index contributed by atoms with van der Waals surface area (Å²) in [6, 6.07) is -0.0867. The van der Waals surface area contributed by atoms with Gasteiger partial charge in [0.2, 0.25) is 15.9 Å². The fourth-order valence-corrected chi connectivity index (χ4v) is 3.42. The fraction of sp³-hybridized carbons (Fsp3) is 0.421. The standard InChI is InChI=1S/C19H24F2N4O7S/c1-9(22-10(2)26)16(27)17(28)14(6-11-4-12(20)7-13(21)5-11)23-18(29)15-8-32-19(24-15)25-33(3,30)31/h4-5,7-9,14,16-17,27-28H,6H2,1-3H3,(H,22,26)(H,23,29)(H,24,25)/t9-,14+,16-,17-/m1/s1. The summed E-state index contributed by atoms with van der Waals surface area (Å²) in [5, 5.41) is 25.9. The highest BCUT2D eigenvalue weighted by molar-refractivity contribution is 7.91. The molecule has 1 heterocycles. The third kappa shape index (κ3) is 8.07. The van der Waals surface area contributed by atoms with Crippen LogP contribution in [0, 0.1) is 11.6 Å². The molecule has 0 unspecified atom stereocenters. The highest BCUT2D eigenvalue weighted by Crippen LogP contribution is 2.16. The Hall–Kier alpha value is -3.10. The van der Waals surface area contributed by atoms with Gasteiger partial charge in [0.25, 0.3) is 5.91 Å². The molecule has 0 aliphatic carbocycles. The van der Waals surface area contributed by atoms with Gasteiger partial charge in [0.1, 0.15) is 30.1 Å². The van der Waals surface area contributed by atoms with Crippen molar-refractivity contribution in [3.63, 3.8) is 0 Å². The van der Waals surface area contributed by atoms with Crippen molar-refractivity contribution in [2.24, 2.45) is 0 Å². The van der Waals surface area contributed by atoms with Crippen molar-refractivity contribution in [2.45, 2.75) is 44.6 Å². The first-order valence-corrected chi connectivity index (χ1v) is 11.5. The minimum absolute atomic E-state index is 0.0656. The summed E-state index contributed by atoms with van der Waals surface area (Å²) < 4.78 is 56.5. The summed E-state index contributed by atoms with van der Waals surface area (Å²) in [6.07, 6.45) is -1.87. The quantitative estimate of drug-likeness (QED) is 0.308. The summed E-state index contributed by atoms with van der Waals surface area (Å²) in [6.45, 7) is 2.62. The van der Waals surface area contributed by atoms with Gasteiger partial charge < -0.3 is 25.3 Å². The zero-order valence-electron chi connectivity index (χ0n) is 17.9. The Balaban J connectivity index is 2.27. The molecule has 0 spiro atoms. The molecule has 0 bridgehead atoms. The van der Waals surface area contributed by atoms with Crippen LogP contribution in [0.3, 0.4) is 0 Å². The third-order valence-electron chi connectivity index (χ3n) is 4.41. The summed E-state index contributed by atoms with van der Waals surface area (Å²) >= 11 is 0. The van der Waals surface area contributed by atoms with Crippen molar-refractivity contribution in [1.29, 1.82) is 0 Å². The molecular weight excluding hydrogens is 466 g/mol. The number of aromatic nitrogens is 1. The molecule has 182 valence electrons. The maximum absolute atomic E-state index is 13.6. The van der Waals surface area contributed by atoms with Crippen LogP contribution in [0.25, 0.3) is 0 Å². The predicted molar refractivity (Wildman–Crippen MR) is 112 cm³/mol. The third-order valence-corrected chi connectivity index (χ3v) is 4.95. The first-order chi connectivity index (χ1) is 15.2. The van der Waals surface area contributed by atoms with Gasteiger partial charge in [-0.3, -0.25) is 9.59 Å². The van der Waals surface area contributed by atoms with E-state index >= 15 is 0 Å². The number of halogens is 2. The number of oxazole rings is 1. The molecule has 2 aromatic rings. The molecule has 0 fully saturated rings. The summed E-state index contributed by atoms with van der Waals surface area (Å²) in [5.41, 5.74) is -0.302. The van der Waals surface area contributed by atoms with Crippen molar-refractivity contribution in [1.82, 2.24) is 15.6 Å². The highest BCUT2D eigenvalue weighted by Gasteiger charge is 2.33. The molecule has 5 N–H and O–H groups in total. The van der Waals surface area contributed by atoms with Crippen molar-refractivity contribution >= 4 is 27.9 Å². The average molecular weight is 490 g/mol. The number of carbonyl (C=O) groups is 2. The number of benzene rings is 1. The molecule has 0 radical (unpaired) electrons. The zero-order valence-corrected chi connectivity index (χ0v) is 18.7. The number of sulfonamides is 1. The second kappa shape index (κ2) is 10.7. The first-order valence-electron chi connectivity index (χ1n) is 9.57. The Bertz CT molecular complexity index is 1090. The SMILES string of the molecule is CC(=O)N[C@H](C)[C@@H](O)[C@H](O)[C@H](Cc1cc(F)cc(F)c1)NC(=O)c1coc(NS(C)(=O)=O)n1. The van der Waals surface area contributed by atoms with Gasteiger partial charge >= 0.3 is 6.01 Å². The van der Waals surface area contributed by atoms with Crippen LogP contribution in [0.1, 0.15) is 29.9 Å². The normalized spacial score (nSPS) is 15.2. The molecule has 0 aliphatic rings. The van der Waals surface area contributed by atoms with E-state index in [1.54, 1.807) is 0 Å². The van der Waals surface area contributed by atoms with Gasteiger partial charge in [-0.25, -0.2) is 21.9 Å². The molecule has 0 saturated heterocycles. The Morgan fingerprint density at radius 3 is 2.27 bits per heavy atom. The molecule has 33 heavy (non-hydrogen) atoms. The van der Waals surface area contributed by atoms with Crippen LogP contribution in [0.5, 0.6) is 0 Å². The van der Waals surface area contributed by atoms with E-state index in [9.17, 15) is 37.0 Å². The highest BCUT2D eigenvalue weighted by atomic mass is 32.2. The number of aliphatic hydroxyl groups is 2. The van der Waals surface area contributed by atoms with Crippen LogP contribution in [-0.2, 0) is 21.2 Å². The lowest BCUT2D eigenvalue weighted by Gasteiger charge is -2.31. The van der Waals surface area contributed by atoms with Crippen LogP contribution in [0.2, 0.25) is 0 Å².